The van der Waals surface area contributed by atoms with Gasteiger partial charge in [0.2, 0.25) is 0 Å². The molecule has 1 aromatic rings. The number of alkyl carbamates (subject to hydrolysis) is 1. The van der Waals surface area contributed by atoms with Gasteiger partial charge < -0.3 is 14.6 Å². The van der Waals surface area contributed by atoms with Crippen molar-refractivity contribution in [3.8, 4) is 0 Å². The molecule has 6 nitrogen and oxygen atoms in total. The Labute approximate surface area is 132 Å². The van der Waals surface area contributed by atoms with Gasteiger partial charge in [-0.15, -0.1) is 0 Å². The molecule has 1 amide bonds. The van der Waals surface area contributed by atoms with Crippen LogP contribution >= 0.6 is 0 Å². The monoisotopic (exact) mass is 309 g/mol. The van der Waals surface area contributed by atoms with Gasteiger partial charge in [-0.05, 0) is 47.1 Å². The largest absolute Gasteiger partial charge is 0.444 e. The molecule has 6 heteroatoms. The van der Waals surface area contributed by atoms with Crippen molar-refractivity contribution >= 4 is 6.09 Å². The number of rotatable bonds is 4. The third-order valence-corrected chi connectivity index (χ3v) is 3.84. The van der Waals surface area contributed by atoms with E-state index in [1.54, 1.807) is 6.20 Å². The van der Waals surface area contributed by atoms with Gasteiger partial charge >= 0.3 is 6.09 Å². The smallest absolute Gasteiger partial charge is 0.407 e. The molecule has 2 rings (SSSR count). The average molecular weight is 309 g/mol. The second-order valence-corrected chi connectivity index (χ2v) is 6.95. The fraction of sp³-hybridized carbons (Fsp3) is 0.750. The lowest BCUT2D eigenvalue weighted by Gasteiger charge is -2.39. The van der Waals surface area contributed by atoms with E-state index in [4.69, 9.17) is 9.26 Å². The molecule has 0 bridgehead atoms. The molecule has 1 fully saturated rings. The topological polar surface area (TPSA) is 67.6 Å². The van der Waals surface area contributed by atoms with E-state index in [1.165, 1.54) is 12.8 Å². The van der Waals surface area contributed by atoms with E-state index in [0.717, 1.165) is 25.3 Å². The van der Waals surface area contributed by atoms with Crippen molar-refractivity contribution in [2.24, 2.45) is 0 Å². The zero-order valence-electron chi connectivity index (χ0n) is 14.0. The standard InChI is InChI=1S/C16H27N3O3/c1-12(18-15(20)21-16(2,3)4)14-7-5-6-10-19(14)11-13-8-9-17-22-13/h8-9,12,14H,5-7,10-11H2,1-4H3,(H,18,20)/t12-,14-/m1/s1. The van der Waals surface area contributed by atoms with Crippen LogP contribution in [0, 0.1) is 0 Å². The number of likely N-dealkylation sites (tertiary alicyclic amines) is 1. The summed E-state index contributed by atoms with van der Waals surface area (Å²) < 4.78 is 10.6. The minimum atomic E-state index is -0.476. The molecular weight excluding hydrogens is 282 g/mol. The number of hydrogen-bond donors (Lipinski definition) is 1. The number of aromatic nitrogens is 1. The molecule has 2 atom stereocenters. The van der Waals surface area contributed by atoms with Gasteiger partial charge in [0.05, 0.1) is 12.7 Å². The molecule has 1 aliphatic rings. The van der Waals surface area contributed by atoms with Crippen molar-refractivity contribution in [1.29, 1.82) is 0 Å². The van der Waals surface area contributed by atoms with E-state index in [2.05, 4.69) is 15.4 Å². The Hall–Kier alpha value is -1.56. The van der Waals surface area contributed by atoms with E-state index < -0.39 is 5.60 Å². The maximum Gasteiger partial charge on any atom is 0.407 e. The highest BCUT2D eigenvalue weighted by Gasteiger charge is 2.30. The van der Waals surface area contributed by atoms with Crippen molar-refractivity contribution in [2.45, 2.75) is 71.2 Å². The predicted molar refractivity (Wildman–Crippen MR) is 83.4 cm³/mol. The molecule has 124 valence electrons. The molecule has 0 saturated carbocycles. The van der Waals surface area contributed by atoms with E-state index in [9.17, 15) is 4.79 Å². The van der Waals surface area contributed by atoms with Gasteiger partial charge in [0.15, 0.2) is 5.76 Å². The zero-order valence-corrected chi connectivity index (χ0v) is 14.0. The summed E-state index contributed by atoms with van der Waals surface area (Å²) >= 11 is 0. The Balaban J connectivity index is 1.93. The number of nitrogens with zero attached hydrogens (tertiary/aromatic N) is 2. The number of ether oxygens (including phenoxy) is 1. The SMILES string of the molecule is C[C@@H](NC(=O)OC(C)(C)C)[C@H]1CCCCN1Cc1ccno1. The van der Waals surface area contributed by atoms with Gasteiger partial charge in [-0.1, -0.05) is 11.6 Å². The third kappa shape index (κ3) is 5.02. The summed E-state index contributed by atoms with van der Waals surface area (Å²) in [5, 5.41) is 6.72. The number of carbonyl (C=O) groups excluding carboxylic acids is 1. The molecule has 2 heterocycles. The lowest BCUT2D eigenvalue weighted by Crippen LogP contribution is -2.52. The van der Waals surface area contributed by atoms with Gasteiger partial charge in [0, 0.05) is 18.2 Å². The molecule has 1 saturated heterocycles. The first-order chi connectivity index (χ1) is 10.3. The number of amides is 1. The van der Waals surface area contributed by atoms with E-state index in [-0.39, 0.29) is 18.2 Å². The second-order valence-electron chi connectivity index (χ2n) is 6.95. The molecule has 0 unspecified atom stereocenters. The molecule has 1 aliphatic heterocycles. The van der Waals surface area contributed by atoms with Crippen molar-refractivity contribution in [1.82, 2.24) is 15.4 Å². The molecule has 0 radical (unpaired) electrons. The first-order valence-corrected chi connectivity index (χ1v) is 7.98. The van der Waals surface area contributed by atoms with Crippen LogP contribution in [0.5, 0.6) is 0 Å². The minimum Gasteiger partial charge on any atom is -0.444 e. The Bertz CT molecular complexity index is 467. The van der Waals surface area contributed by atoms with Crippen LogP contribution in [0.15, 0.2) is 16.8 Å². The van der Waals surface area contributed by atoms with Gasteiger partial charge in [0.1, 0.15) is 5.60 Å². The molecule has 1 N–H and O–H groups in total. The summed E-state index contributed by atoms with van der Waals surface area (Å²) in [5.41, 5.74) is -0.476. The molecule has 22 heavy (non-hydrogen) atoms. The summed E-state index contributed by atoms with van der Waals surface area (Å²) in [6.07, 6.45) is 4.72. The summed E-state index contributed by atoms with van der Waals surface area (Å²) in [6.45, 7) is 9.38. The van der Waals surface area contributed by atoms with Crippen LogP contribution in [-0.4, -0.2) is 40.4 Å². The molecule has 0 aliphatic carbocycles. The van der Waals surface area contributed by atoms with Gasteiger partial charge in [0.25, 0.3) is 0 Å². The Morgan fingerprint density at radius 3 is 2.95 bits per heavy atom. The Kier molecular flexibility index (Phi) is 5.45. The second kappa shape index (κ2) is 7.13. The van der Waals surface area contributed by atoms with E-state index in [1.807, 2.05) is 33.8 Å². The molecule has 0 aromatic carbocycles. The number of nitrogens with one attached hydrogen (secondary N) is 1. The maximum atomic E-state index is 12.0. The van der Waals surface area contributed by atoms with Crippen molar-refractivity contribution in [3.05, 3.63) is 18.0 Å². The van der Waals surface area contributed by atoms with Gasteiger partial charge in [-0.2, -0.15) is 0 Å². The predicted octanol–water partition coefficient (Wildman–Crippen LogP) is 2.94. The zero-order chi connectivity index (χ0) is 16.2. The highest BCUT2D eigenvalue weighted by Crippen LogP contribution is 2.22. The van der Waals surface area contributed by atoms with Crippen LogP contribution in [-0.2, 0) is 11.3 Å². The van der Waals surface area contributed by atoms with Crippen LogP contribution in [0.4, 0.5) is 4.79 Å². The number of carbonyl (C=O) groups is 1. The van der Waals surface area contributed by atoms with E-state index in [0.29, 0.717) is 0 Å². The average Bonchev–Trinajstić information content (AvgIpc) is 2.89. The Morgan fingerprint density at radius 1 is 1.55 bits per heavy atom. The van der Waals surface area contributed by atoms with Crippen LogP contribution in [0.2, 0.25) is 0 Å². The first kappa shape index (κ1) is 16.8. The van der Waals surface area contributed by atoms with Crippen LogP contribution in [0.3, 0.4) is 0 Å². The molecular formula is C16H27N3O3. The summed E-state index contributed by atoms with van der Waals surface area (Å²) in [7, 11) is 0. The van der Waals surface area contributed by atoms with Crippen molar-refractivity contribution in [2.75, 3.05) is 6.54 Å². The minimum absolute atomic E-state index is 0.0260. The lowest BCUT2D eigenvalue weighted by molar-refractivity contribution is 0.0428. The first-order valence-electron chi connectivity index (χ1n) is 7.98. The normalized spacial score (nSPS) is 21.4. The van der Waals surface area contributed by atoms with Crippen molar-refractivity contribution < 1.29 is 14.1 Å². The van der Waals surface area contributed by atoms with Gasteiger partial charge in [-0.3, -0.25) is 4.90 Å². The van der Waals surface area contributed by atoms with Crippen LogP contribution < -0.4 is 5.32 Å². The van der Waals surface area contributed by atoms with Gasteiger partial charge in [-0.25, -0.2) is 4.79 Å². The Morgan fingerprint density at radius 2 is 2.32 bits per heavy atom. The number of hydrogen-bond acceptors (Lipinski definition) is 5. The molecule has 0 spiro atoms. The van der Waals surface area contributed by atoms with Crippen LogP contribution in [0.25, 0.3) is 0 Å². The lowest BCUT2D eigenvalue weighted by atomic mass is 9.96. The fourth-order valence-electron chi connectivity index (χ4n) is 2.89. The third-order valence-electron chi connectivity index (χ3n) is 3.84. The highest BCUT2D eigenvalue weighted by atomic mass is 16.6. The maximum absolute atomic E-state index is 12.0. The quantitative estimate of drug-likeness (QED) is 0.926. The summed E-state index contributed by atoms with van der Waals surface area (Å²) in [5.74, 6) is 0.858. The molecule has 1 aromatic heterocycles. The summed E-state index contributed by atoms with van der Waals surface area (Å²) in [6, 6.07) is 2.20. The fourth-order valence-corrected chi connectivity index (χ4v) is 2.89. The van der Waals surface area contributed by atoms with Crippen molar-refractivity contribution in [3.63, 3.8) is 0 Å². The highest BCUT2D eigenvalue weighted by molar-refractivity contribution is 5.68. The van der Waals surface area contributed by atoms with Crippen LogP contribution in [0.1, 0.15) is 52.7 Å². The van der Waals surface area contributed by atoms with E-state index >= 15 is 0 Å². The summed E-state index contributed by atoms with van der Waals surface area (Å²) in [4.78, 5) is 14.3. The number of piperidine rings is 1.